The van der Waals surface area contributed by atoms with E-state index in [1.54, 1.807) is 0 Å². The van der Waals surface area contributed by atoms with Gasteiger partial charge in [0.2, 0.25) is 0 Å². The highest BCUT2D eigenvalue weighted by Gasteiger charge is 2.19. The van der Waals surface area contributed by atoms with E-state index in [1.165, 1.54) is 109 Å². The van der Waals surface area contributed by atoms with Gasteiger partial charge < -0.3 is 14.2 Å². The van der Waals surface area contributed by atoms with Crippen LogP contribution in [-0.4, -0.2) is 37.2 Å². The highest BCUT2D eigenvalue weighted by Crippen LogP contribution is 2.14. The van der Waals surface area contributed by atoms with Gasteiger partial charge in [-0.1, -0.05) is 197 Å². The molecule has 0 fully saturated rings. The Kier molecular flexibility index (Phi) is 42.5. The van der Waals surface area contributed by atoms with Gasteiger partial charge in [-0.25, -0.2) is 0 Å². The molecule has 56 heavy (non-hydrogen) atoms. The first kappa shape index (κ1) is 53.1. The molecule has 0 aromatic carbocycles. The van der Waals surface area contributed by atoms with Crippen molar-refractivity contribution in [1.82, 2.24) is 0 Å². The quantitative estimate of drug-likeness (QED) is 0.0202. The molecule has 0 saturated carbocycles. The number of carbonyl (C=O) groups is 3. The first-order valence-corrected chi connectivity index (χ1v) is 23.3. The van der Waals surface area contributed by atoms with Gasteiger partial charge in [-0.2, -0.15) is 0 Å². The van der Waals surface area contributed by atoms with Crippen LogP contribution in [0.4, 0.5) is 0 Å². The van der Waals surface area contributed by atoms with Crippen LogP contribution in [0.25, 0.3) is 0 Å². The highest BCUT2D eigenvalue weighted by atomic mass is 16.6. The summed E-state index contributed by atoms with van der Waals surface area (Å²) in [5.41, 5.74) is 0. The third-order valence-electron chi connectivity index (χ3n) is 9.85. The lowest BCUT2D eigenvalue weighted by Crippen LogP contribution is -2.30. The molecule has 0 bridgehead atoms. The number of hydrogen-bond acceptors (Lipinski definition) is 6. The fourth-order valence-corrected chi connectivity index (χ4v) is 6.33. The largest absolute Gasteiger partial charge is 0.462 e. The molecule has 6 nitrogen and oxygen atoms in total. The normalized spacial score (nSPS) is 12.6. The van der Waals surface area contributed by atoms with Crippen molar-refractivity contribution in [2.75, 3.05) is 13.2 Å². The smallest absolute Gasteiger partial charge is 0.306 e. The number of allylic oxidation sites excluding steroid dienone is 10. The van der Waals surface area contributed by atoms with E-state index in [2.05, 4.69) is 45.1 Å². The van der Waals surface area contributed by atoms with E-state index in [0.29, 0.717) is 12.8 Å². The van der Waals surface area contributed by atoms with E-state index >= 15 is 0 Å². The molecular weight excluding hydrogens is 697 g/mol. The monoisotopic (exact) mass is 783 g/mol. The van der Waals surface area contributed by atoms with Crippen LogP contribution in [0.3, 0.4) is 0 Å². The number of rotatable bonds is 41. The molecule has 0 saturated heterocycles. The Hall–Kier alpha value is -2.89. The molecule has 0 spiro atoms. The Bertz CT molecular complexity index is 1040. The minimum Gasteiger partial charge on any atom is -0.462 e. The van der Waals surface area contributed by atoms with Crippen molar-refractivity contribution in [3.8, 4) is 0 Å². The summed E-state index contributed by atoms with van der Waals surface area (Å²) in [6, 6.07) is 0. The molecular formula is C50H86O6. The molecule has 1 atom stereocenters. The summed E-state index contributed by atoms with van der Waals surface area (Å²) in [7, 11) is 0. The Labute approximate surface area is 345 Å². The maximum atomic E-state index is 12.7. The van der Waals surface area contributed by atoms with Gasteiger partial charge in [0.05, 0.1) is 0 Å². The predicted molar refractivity (Wildman–Crippen MR) is 238 cm³/mol. The standard InChI is InChI=1S/C50H86O6/c1-4-7-10-13-16-19-22-24-25-27-28-31-34-37-40-43-49(52)55-46-47(45-54-48(51)42-39-36-33-30-21-18-15-12-9-6-3)56-50(53)44-41-38-35-32-29-26-23-20-17-14-11-8-5-2/h8,11,14,17,19-20,22-23,26,29,47H,4-7,9-10,12-13,15-16,18,21,24-25,27-28,30-46H2,1-3H3/b11-8-,17-14-,22-19-,23-20-,29-26-. The first-order valence-electron chi connectivity index (χ1n) is 23.3. The maximum Gasteiger partial charge on any atom is 0.306 e. The second kappa shape index (κ2) is 44.8. The van der Waals surface area contributed by atoms with Crippen molar-refractivity contribution in [3.63, 3.8) is 0 Å². The number of esters is 3. The van der Waals surface area contributed by atoms with Crippen LogP contribution in [0, 0.1) is 0 Å². The summed E-state index contributed by atoms with van der Waals surface area (Å²) >= 11 is 0. The summed E-state index contributed by atoms with van der Waals surface area (Å²) in [6.07, 6.45) is 53.4. The molecule has 0 N–H and O–H groups in total. The summed E-state index contributed by atoms with van der Waals surface area (Å²) < 4.78 is 16.7. The van der Waals surface area contributed by atoms with Gasteiger partial charge in [0.1, 0.15) is 13.2 Å². The zero-order chi connectivity index (χ0) is 40.8. The predicted octanol–water partition coefficient (Wildman–Crippen LogP) is 14.9. The van der Waals surface area contributed by atoms with Gasteiger partial charge in [0.25, 0.3) is 0 Å². The van der Waals surface area contributed by atoms with E-state index < -0.39 is 6.10 Å². The molecule has 0 heterocycles. The average Bonchev–Trinajstić information content (AvgIpc) is 3.19. The first-order chi connectivity index (χ1) is 27.5. The molecule has 0 aliphatic carbocycles. The molecule has 0 aromatic rings. The number of ether oxygens (including phenoxy) is 3. The number of carbonyl (C=O) groups excluding carboxylic acids is 3. The molecule has 0 aliphatic rings. The van der Waals surface area contributed by atoms with Crippen molar-refractivity contribution < 1.29 is 28.6 Å². The van der Waals surface area contributed by atoms with Gasteiger partial charge >= 0.3 is 17.9 Å². The van der Waals surface area contributed by atoms with Crippen LogP contribution >= 0.6 is 0 Å². The van der Waals surface area contributed by atoms with E-state index in [-0.39, 0.29) is 37.5 Å². The Morgan fingerprint density at radius 1 is 0.375 bits per heavy atom. The van der Waals surface area contributed by atoms with Crippen molar-refractivity contribution in [2.45, 2.75) is 226 Å². The van der Waals surface area contributed by atoms with Crippen LogP contribution in [-0.2, 0) is 28.6 Å². The summed E-state index contributed by atoms with van der Waals surface area (Å²) in [5.74, 6) is -0.937. The summed E-state index contributed by atoms with van der Waals surface area (Å²) in [4.78, 5) is 37.7. The molecule has 322 valence electrons. The zero-order valence-corrected chi connectivity index (χ0v) is 36.6. The van der Waals surface area contributed by atoms with Crippen molar-refractivity contribution in [2.24, 2.45) is 0 Å². The molecule has 1 unspecified atom stereocenters. The SMILES string of the molecule is CC\C=C/C=C\C=C/C=C\CCCCCC(=O)OC(COC(=O)CCCCCCCCC/C=C\CCCCCC)COC(=O)CCCCCCCCCCCC. The number of unbranched alkanes of at least 4 members (excludes halogenated alkanes) is 23. The van der Waals surface area contributed by atoms with Gasteiger partial charge in [-0.05, 0) is 64.2 Å². The highest BCUT2D eigenvalue weighted by molar-refractivity contribution is 5.71. The topological polar surface area (TPSA) is 78.9 Å². The van der Waals surface area contributed by atoms with Crippen molar-refractivity contribution in [1.29, 1.82) is 0 Å². The van der Waals surface area contributed by atoms with E-state index in [4.69, 9.17) is 14.2 Å². The minimum absolute atomic E-state index is 0.0905. The minimum atomic E-state index is -0.791. The fourth-order valence-electron chi connectivity index (χ4n) is 6.33. The van der Waals surface area contributed by atoms with Gasteiger partial charge in [-0.15, -0.1) is 0 Å². The third kappa shape index (κ3) is 42.3. The fraction of sp³-hybridized carbons (Fsp3) is 0.740. The summed E-state index contributed by atoms with van der Waals surface area (Å²) in [5, 5.41) is 0. The van der Waals surface area contributed by atoms with E-state index in [1.807, 2.05) is 36.5 Å². The Balaban J connectivity index is 4.43. The van der Waals surface area contributed by atoms with Gasteiger partial charge in [0.15, 0.2) is 6.10 Å². The number of hydrogen-bond donors (Lipinski definition) is 0. The Morgan fingerprint density at radius 2 is 0.714 bits per heavy atom. The second-order valence-corrected chi connectivity index (χ2v) is 15.4. The van der Waals surface area contributed by atoms with Crippen LogP contribution < -0.4 is 0 Å². The van der Waals surface area contributed by atoms with Crippen LogP contribution in [0.2, 0.25) is 0 Å². The van der Waals surface area contributed by atoms with Crippen molar-refractivity contribution >= 4 is 17.9 Å². The van der Waals surface area contributed by atoms with Crippen molar-refractivity contribution in [3.05, 3.63) is 60.8 Å². The second-order valence-electron chi connectivity index (χ2n) is 15.4. The lowest BCUT2D eigenvalue weighted by atomic mass is 10.1. The van der Waals surface area contributed by atoms with Crippen LogP contribution in [0.5, 0.6) is 0 Å². The Morgan fingerprint density at radius 3 is 1.18 bits per heavy atom. The van der Waals surface area contributed by atoms with Crippen LogP contribution in [0.1, 0.15) is 220 Å². The maximum absolute atomic E-state index is 12.7. The molecule has 0 amide bonds. The third-order valence-corrected chi connectivity index (χ3v) is 9.85. The van der Waals surface area contributed by atoms with Gasteiger partial charge in [-0.3, -0.25) is 14.4 Å². The summed E-state index contributed by atoms with van der Waals surface area (Å²) in [6.45, 7) is 6.42. The lowest BCUT2D eigenvalue weighted by molar-refractivity contribution is -0.167. The molecule has 0 rings (SSSR count). The molecule has 0 aliphatic heterocycles. The molecule has 6 heteroatoms. The molecule has 0 aromatic heterocycles. The zero-order valence-electron chi connectivity index (χ0n) is 36.6. The van der Waals surface area contributed by atoms with Gasteiger partial charge in [0, 0.05) is 19.3 Å². The van der Waals surface area contributed by atoms with Crippen LogP contribution in [0.15, 0.2) is 60.8 Å². The molecule has 0 radical (unpaired) electrons. The lowest BCUT2D eigenvalue weighted by Gasteiger charge is -2.18. The van der Waals surface area contributed by atoms with E-state index in [0.717, 1.165) is 70.6 Å². The average molecular weight is 783 g/mol. The van der Waals surface area contributed by atoms with E-state index in [9.17, 15) is 14.4 Å².